The van der Waals surface area contributed by atoms with Crippen molar-refractivity contribution in [3.8, 4) is 0 Å². The van der Waals surface area contributed by atoms with Gasteiger partial charge in [-0.15, -0.1) is 0 Å². The predicted octanol–water partition coefficient (Wildman–Crippen LogP) is 1.97. The summed E-state index contributed by atoms with van der Waals surface area (Å²) in [4.78, 5) is 19.5. The van der Waals surface area contributed by atoms with E-state index < -0.39 is 5.41 Å². The minimum atomic E-state index is -0.465. The lowest BCUT2D eigenvalue weighted by atomic mass is 9.75. The lowest BCUT2D eigenvalue weighted by molar-refractivity contribution is -0.139. The highest BCUT2D eigenvalue weighted by Gasteiger charge is 2.53. The van der Waals surface area contributed by atoms with Gasteiger partial charge in [-0.2, -0.15) is 0 Å². The zero-order valence-electron chi connectivity index (χ0n) is 14.2. The first-order valence-electron chi connectivity index (χ1n) is 8.80. The zero-order chi connectivity index (χ0) is 17.1. The Morgan fingerprint density at radius 3 is 3.16 bits per heavy atom. The molecule has 0 aromatic carbocycles. The molecule has 6 heteroatoms. The molecule has 1 N–H and O–H groups in total. The summed E-state index contributed by atoms with van der Waals surface area (Å²) >= 11 is 0. The quantitative estimate of drug-likeness (QED) is 0.901. The molecule has 0 spiro atoms. The second-order valence-electron chi connectivity index (χ2n) is 6.89. The summed E-state index contributed by atoms with van der Waals surface area (Å²) in [6.45, 7) is 3.51. The van der Waals surface area contributed by atoms with Crippen LogP contribution in [0.4, 0.5) is 0 Å². The first kappa shape index (κ1) is 16.3. The number of carbonyl (C=O) groups excluding carboxylic acids is 1. The van der Waals surface area contributed by atoms with Gasteiger partial charge in [0.25, 0.3) is 0 Å². The first-order valence-corrected chi connectivity index (χ1v) is 8.80. The Kier molecular flexibility index (Phi) is 4.55. The van der Waals surface area contributed by atoms with Crippen molar-refractivity contribution in [3.05, 3.63) is 54.2 Å². The van der Waals surface area contributed by atoms with Crippen molar-refractivity contribution in [2.75, 3.05) is 19.7 Å². The third kappa shape index (κ3) is 3.32. The second-order valence-corrected chi connectivity index (χ2v) is 6.89. The van der Waals surface area contributed by atoms with E-state index >= 15 is 0 Å². The Labute approximate surface area is 147 Å². The maximum absolute atomic E-state index is 13.1. The number of likely N-dealkylation sites (tertiary alicyclic amines) is 1. The van der Waals surface area contributed by atoms with Crippen molar-refractivity contribution in [3.63, 3.8) is 0 Å². The molecule has 2 aliphatic heterocycles. The monoisotopic (exact) mass is 341 g/mol. The molecule has 2 fully saturated rings. The number of hydrogen-bond acceptors (Lipinski definition) is 5. The standard InChI is InChI=1S/C19H23N3O3/c23-18(21-12-15-3-1-7-20-11-15)19-6-10-25-17(19)5-8-22(14-19)13-16-4-2-9-24-16/h1-4,7,9,11,17H,5-6,8,10,12-14H2,(H,21,23)/t17-,19-/m0/s1. The second kappa shape index (κ2) is 6.98. The van der Waals surface area contributed by atoms with E-state index in [1.54, 1.807) is 18.7 Å². The fraction of sp³-hybridized carbons (Fsp3) is 0.474. The number of nitrogens with zero attached hydrogens (tertiary/aromatic N) is 2. The summed E-state index contributed by atoms with van der Waals surface area (Å²) in [5, 5.41) is 3.10. The molecule has 2 atom stereocenters. The van der Waals surface area contributed by atoms with Crippen LogP contribution < -0.4 is 5.32 Å². The number of pyridine rings is 1. The molecule has 132 valence electrons. The van der Waals surface area contributed by atoms with Crippen LogP contribution in [0.3, 0.4) is 0 Å². The molecule has 0 unspecified atom stereocenters. The average Bonchev–Trinajstić information content (AvgIpc) is 3.30. The van der Waals surface area contributed by atoms with Crippen LogP contribution in [0, 0.1) is 5.41 Å². The van der Waals surface area contributed by atoms with Crippen LogP contribution in [0.5, 0.6) is 0 Å². The summed E-state index contributed by atoms with van der Waals surface area (Å²) in [6.07, 6.45) is 6.86. The van der Waals surface area contributed by atoms with Gasteiger partial charge in [0.05, 0.1) is 24.3 Å². The van der Waals surface area contributed by atoms with Gasteiger partial charge in [-0.25, -0.2) is 0 Å². The van der Waals surface area contributed by atoms with Crippen molar-refractivity contribution in [2.24, 2.45) is 5.41 Å². The van der Waals surface area contributed by atoms with Gasteiger partial charge in [0.15, 0.2) is 0 Å². The lowest BCUT2D eigenvalue weighted by Gasteiger charge is -2.42. The lowest BCUT2D eigenvalue weighted by Crippen LogP contribution is -2.56. The number of fused-ring (bicyclic) bond motifs is 1. The summed E-state index contributed by atoms with van der Waals surface area (Å²) in [7, 11) is 0. The van der Waals surface area contributed by atoms with Gasteiger partial charge in [0.1, 0.15) is 5.76 Å². The van der Waals surface area contributed by atoms with E-state index in [9.17, 15) is 4.79 Å². The van der Waals surface area contributed by atoms with Crippen LogP contribution in [0.15, 0.2) is 47.3 Å². The van der Waals surface area contributed by atoms with Crippen molar-refractivity contribution in [1.82, 2.24) is 15.2 Å². The topological polar surface area (TPSA) is 67.6 Å². The number of carbonyl (C=O) groups is 1. The van der Waals surface area contributed by atoms with Crippen LogP contribution in [0.25, 0.3) is 0 Å². The number of rotatable bonds is 5. The van der Waals surface area contributed by atoms with E-state index in [0.717, 1.165) is 37.3 Å². The molecule has 2 saturated heterocycles. The maximum Gasteiger partial charge on any atom is 0.230 e. The molecule has 0 aliphatic carbocycles. The van der Waals surface area contributed by atoms with E-state index in [1.165, 1.54) is 0 Å². The fourth-order valence-electron chi connectivity index (χ4n) is 3.97. The Balaban J connectivity index is 1.45. The number of furan rings is 1. The molecular formula is C19H23N3O3. The zero-order valence-corrected chi connectivity index (χ0v) is 14.2. The molecule has 2 aromatic rings. The average molecular weight is 341 g/mol. The van der Waals surface area contributed by atoms with Gasteiger partial charge in [-0.3, -0.25) is 14.7 Å². The van der Waals surface area contributed by atoms with Gasteiger partial charge in [-0.05, 0) is 36.6 Å². The van der Waals surface area contributed by atoms with E-state index in [1.807, 2.05) is 24.3 Å². The van der Waals surface area contributed by atoms with Crippen LogP contribution in [-0.2, 0) is 22.6 Å². The summed E-state index contributed by atoms with van der Waals surface area (Å²) in [5.41, 5.74) is 0.540. The predicted molar refractivity (Wildman–Crippen MR) is 91.5 cm³/mol. The van der Waals surface area contributed by atoms with Crippen LogP contribution in [0.1, 0.15) is 24.2 Å². The number of piperidine rings is 1. The van der Waals surface area contributed by atoms with Crippen LogP contribution in [-0.4, -0.2) is 41.6 Å². The van der Waals surface area contributed by atoms with E-state index in [0.29, 0.717) is 19.7 Å². The third-order valence-corrected chi connectivity index (χ3v) is 5.28. The molecule has 4 rings (SSSR count). The molecule has 4 heterocycles. The van der Waals surface area contributed by atoms with Gasteiger partial charge in [-0.1, -0.05) is 6.07 Å². The molecule has 0 saturated carbocycles. The summed E-state index contributed by atoms with van der Waals surface area (Å²) in [6, 6.07) is 7.73. The molecule has 25 heavy (non-hydrogen) atoms. The number of hydrogen-bond donors (Lipinski definition) is 1. The highest BCUT2D eigenvalue weighted by molar-refractivity contribution is 5.84. The normalized spacial score (nSPS) is 26.3. The van der Waals surface area contributed by atoms with Gasteiger partial charge >= 0.3 is 0 Å². The Morgan fingerprint density at radius 1 is 1.40 bits per heavy atom. The Bertz CT molecular complexity index is 704. The molecule has 0 radical (unpaired) electrons. The summed E-state index contributed by atoms with van der Waals surface area (Å²) in [5.74, 6) is 1.02. The SMILES string of the molecule is O=C(NCc1cccnc1)[C@]12CCO[C@H]1CCN(Cc1ccco1)C2. The molecule has 1 amide bonds. The minimum Gasteiger partial charge on any atom is -0.468 e. The first-order chi connectivity index (χ1) is 12.3. The van der Waals surface area contributed by atoms with Crippen LogP contribution >= 0.6 is 0 Å². The molecule has 2 aliphatic rings. The molecule has 6 nitrogen and oxygen atoms in total. The maximum atomic E-state index is 13.1. The number of ether oxygens (including phenoxy) is 1. The Hall–Kier alpha value is -2.18. The van der Waals surface area contributed by atoms with Gasteiger partial charge < -0.3 is 14.5 Å². The molecule has 0 bridgehead atoms. The van der Waals surface area contributed by atoms with E-state index in [2.05, 4.69) is 15.2 Å². The van der Waals surface area contributed by atoms with Crippen molar-refractivity contribution >= 4 is 5.91 Å². The summed E-state index contributed by atoms with van der Waals surface area (Å²) < 4.78 is 11.4. The largest absolute Gasteiger partial charge is 0.468 e. The number of amides is 1. The smallest absolute Gasteiger partial charge is 0.230 e. The van der Waals surface area contributed by atoms with Crippen molar-refractivity contribution < 1.29 is 13.9 Å². The van der Waals surface area contributed by atoms with Gasteiger partial charge in [0, 0.05) is 38.6 Å². The van der Waals surface area contributed by atoms with Crippen molar-refractivity contribution in [2.45, 2.75) is 32.0 Å². The van der Waals surface area contributed by atoms with E-state index in [4.69, 9.17) is 9.15 Å². The Morgan fingerprint density at radius 2 is 2.36 bits per heavy atom. The van der Waals surface area contributed by atoms with Crippen LogP contribution in [0.2, 0.25) is 0 Å². The number of nitrogens with one attached hydrogen (secondary N) is 1. The van der Waals surface area contributed by atoms with E-state index in [-0.39, 0.29) is 12.0 Å². The highest BCUT2D eigenvalue weighted by Crippen LogP contribution is 2.41. The molecular weight excluding hydrogens is 318 g/mol. The third-order valence-electron chi connectivity index (χ3n) is 5.28. The van der Waals surface area contributed by atoms with Crippen molar-refractivity contribution in [1.29, 1.82) is 0 Å². The fourth-order valence-corrected chi connectivity index (χ4v) is 3.97. The minimum absolute atomic E-state index is 0.00856. The molecule has 2 aromatic heterocycles. The number of aromatic nitrogens is 1. The highest BCUT2D eigenvalue weighted by atomic mass is 16.5. The van der Waals surface area contributed by atoms with Gasteiger partial charge in [0.2, 0.25) is 5.91 Å².